The number of para-hydroxylation sites is 2. The fourth-order valence-corrected chi connectivity index (χ4v) is 2.27. The smallest absolute Gasteiger partial charge is 0.262 e. The SMILES string of the molecule is CCOc1ccccc1OCC(=O)Nc1cccc(-c2ncn[nH]2)c1. The Labute approximate surface area is 145 Å². The molecule has 0 spiro atoms. The van der Waals surface area contributed by atoms with Crippen molar-refractivity contribution in [3.05, 3.63) is 54.9 Å². The summed E-state index contributed by atoms with van der Waals surface area (Å²) in [7, 11) is 0. The van der Waals surface area contributed by atoms with E-state index in [-0.39, 0.29) is 12.5 Å². The van der Waals surface area contributed by atoms with Crippen molar-refractivity contribution in [3.8, 4) is 22.9 Å². The number of aromatic nitrogens is 3. The van der Waals surface area contributed by atoms with Crippen molar-refractivity contribution in [3.63, 3.8) is 0 Å². The van der Waals surface area contributed by atoms with Gasteiger partial charge < -0.3 is 14.8 Å². The third-order valence-corrected chi connectivity index (χ3v) is 3.34. The molecule has 25 heavy (non-hydrogen) atoms. The summed E-state index contributed by atoms with van der Waals surface area (Å²) in [5.74, 6) is 1.53. The Balaban J connectivity index is 1.61. The molecule has 0 aliphatic heterocycles. The molecule has 0 saturated heterocycles. The Kier molecular flexibility index (Phi) is 5.26. The number of nitrogens with zero attached hydrogens (tertiary/aromatic N) is 2. The molecule has 7 heteroatoms. The fraction of sp³-hybridized carbons (Fsp3) is 0.167. The summed E-state index contributed by atoms with van der Waals surface area (Å²) in [5.41, 5.74) is 1.48. The van der Waals surface area contributed by atoms with Crippen LogP contribution in [0.2, 0.25) is 0 Å². The Morgan fingerprint density at radius 1 is 1.12 bits per heavy atom. The lowest BCUT2D eigenvalue weighted by Gasteiger charge is -2.11. The summed E-state index contributed by atoms with van der Waals surface area (Å²) in [5, 5.41) is 9.41. The highest BCUT2D eigenvalue weighted by Crippen LogP contribution is 2.26. The molecule has 0 radical (unpaired) electrons. The molecule has 3 rings (SSSR count). The Morgan fingerprint density at radius 2 is 1.92 bits per heavy atom. The van der Waals surface area contributed by atoms with E-state index in [0.29, 0.717) is 29.6 Å². The minimum atomic E-state index is -0.263. The maximum absolute atomic E-state index is 12.1. The number of anilines is 1. The van der Waals surface area contributed by atoms with Gasteiger partial charge in [0.15, 0.2) is 23.9 Å². The predicted molar refractivity (Wildman–Crippen MR) is 93.6 cm³/mol. The van der Waals surface area contributed by atoms with Crippen LogP contribution in [0, 0.1) is 0 Å². The first kappa shape index (κ1) is 16.5. The fourth-order valence-electron chi connectivity index (χ4n) is 2.27. The van der Waals surface area contributed by atoms with E-state index in [1.165, 1.54) is 6.33 Å². The van der Waals surface area contributed by atoms with Gasteiger partial charge in [0.1, 0.15) is 6.33 Å². The van der Waals surface area contributed by atoms with Crippen LogP contribution in [0.1, 0.15) is 6.92 Å². The zero-order valence-corrected chi connectivity index (χ0v) is 13.7. The minimum Gasteiger partial charge on any atom is -0.490 e. The highest BCUT2D eigenvalue weighted by molar-refractivity contribution is 5.92. The molecule has 1 aromatic heterocycles. The van der Waals surface area contributed by atoms with Gasteiger partial charge in [-0.3, -0.25) is 9.89 Å². The lowest BCUT2D eigenvalue weighted by molar-refractivity contribution is -0.118. The Morgan fingerprint density at radius 3 is 2.64 bits per heavy atom. The first-order valence-corrected chi connectivity index (χ1v) is 7.86. The molecular formula is C18H18N4O3. The van der Waals surface area contributed by atoms with Crippen molar-refractivity contribution in [1.29, 1.82) is 0 Å². The summed E-state index contributed by atoms with van der Waals surface area (Å²) < 4.78 is 11.0. The van der Waals surface area contributed by atoms with Crippen LogP contribution in [0.15, 0.2) is 54.9 Å². The molecule has 3 aromatic rings. The molecule has 0 saturated carbocycles. The van der Waals surface area contributed by atoms with Crippen LogP contribution >= 0.6 is 0 Å². The van der Waals surface area contributed by atoms with Crippen molar-refractivity contribution in [1.82, 2.24) is 15.2 Å². The van der Waals surface area contributed by atoms with Crippen LogP contribution in [0.5, 0.6) is 11.5 Å². The monoisotopic (exact) mass is 338 g/mol. The number of carbonyl (C=O) groups is 1. The number of aromatic amines is 1. The normalized spacial score (nSPS) is 10.3. The summed E-state index contributed by atoms with van der Waals surface area (Å²) in [4.78, 5) is 16.2. The van der Waals surface area contributed by atoms with Crippen LogP contribution in [-0.2, 0) is 4.79 Å². The van der Waals surface area contributed by atoms with Crippen LogP contribution in [0.3, 0.4) is 0 Å². The van der Waals surface area contributed by atoms with E-state index in [4.69, 9.17) is 9.47 Å². The summed E-state index contributed by atoms with van der Waals surface area (Å²) in [6, 6.07) is 14.6. The van der Waals surface area contributed by atoms with Gasteiger partial charge in [0.2, 0.25) is 0 Å². The van der Waals surface area contributed by atoms with Crippen LogP contribution < -0.4 is 14.8 Å². The second-order valence-electron chi connectivity index (χ2n) is 5.13. The second kappa shape index (κ2) is 7.96. The molecular weight excluding hydrogens is 320 g/mol. The molecule has 0 bridgehead atoms. The Hall–Kier alpha value is -3.35. The van der Waals surface area contributed by atoms with Gasteiger partial charge in [0.25, 0.3) is 5.91 Å². The summed E-state index contributed by atoms with van der Waals surface area (Å²) >= 11 is 0. The van der Waals surface area contributed by atoms with Gasteiger partial charge in [0.05, 0.1) is 6.61 Å². The molecule has 7 nitrogen and oxygen atoms in total. The van der Waals surface area contributed by atoms with E-state index in [0.717, 1.165) is 5.56 Å². The topological polar surface area (TPSA) is 89.1 Å². The Bertz CT molecular complexity index is 834. The predicted octanol–water partition coefficient (Wildman–Crippen LogP) is 2.89. The zero-order valence-electron chi connectivity index (χ0n) is 13.7. The number of carbonyl (C=O) groups excluding carboxylic acids is 1. The van der Waals surface area contributed by atoms with Crippen LogP contribution in [-0.4, -0.2) is 34.3 Å². The average Bonchev–Trinajstić information content (AvgIpc) is 3.16. The van der Waals surface area contributed by atoms with E-state index < -0.39 is 0 Å². The maximum atomic E-state index is 12.1. The van der Waals surface area contributed by atoms with Gasteiger partial charge in [-0.05, 0) is 31.2 Å². The van der Waals surface area contributed by atoms with Crippen molar-refractivity contribution >= 4 is 11.6 Å². The maximum Gasteiger partial charge on any atom is 0.262 e. The van der Waals surface area contributed by atoms with Crippen LogP contribution in [0.25, 0.3) is 11.4 Å². The number of benzene rings is 2. The molecule has 1 heterocycles. The zero-order chi connectivity index (χ0) is 17.5. The first-order chi connectivity index (χ1) is 12.3. The molecule has 1 amide bonds. The van der Waals surface area contributed by atoms with E-state index in [9.17, 15) is 4.79 Å². The number of amides is 1. The van der Waals surface area contributed by atoms with Crippen molar-refractivity contribution in [2.75, 3.05) is 18.5 Å². The largest absolute Gasteiger partial charge is 0.490 e. The number of hydrogen-bond donors (Lipinski definition) is 2. The second-order valence-corrected chi connectivity index (χ2v) is 5.13. The molecule has 0 aliphatic carbocycles. The number of rotatable bonds is 7. The average molecular weight is 338 g/mol. The van der Waals surface area contributed by atoms with Crippen molar-refractivity contribution < 1.29 is 14.3 Å². The van der Waals surface area contributed by atoms with Crippen molar-refractivity contribution in [2.45, 2.75) is 6.92 Å². The quantitative estimate of drug-likeness (QED) is 0.691. The molecule has 128 valence electrons. The number of hydrogen-bond acceptors (Lipinski definition) is 5. The molecule has 2 N–H and O–H groups in total. The van der Waals surface area contributed by atoms with Gasteiger partial charge in [-0.1, -0.05) is 24.3 Å². The van der Waals surface area contributed by atoms with Gasteiger partial charge in [-0.25, -0.2) is 4.98 Å². The van der Waals surface area contributed by atoms with Crippen molar-refractivity contribution in [2.24, 2.45) is 0 Å². The van der Waals surface area contributed by atoms with Gasteiger partial charge in [0, 0.05) is 11.3 Å². The number of nitrogens with one attached hydrogen (secondary N) is 2. The van der Waals surface area contributed by atoms with Crippen LogP contribution in [0.4, 0.5) is 5.69 Å². The summed E-state index contributed by atoms with van der Waals surface area (Å²) in [6.07, 6.45) is 1.43. The van der Waals surface area contributed by atoms with E-state index >= 15 is 0 Å². The van der Waals surface area contributed by atoms with E-state index in [1.54, 1.807) is 18.2 Å². The molecule has 0 unspecified atom stereocenters. The standard InChI is InChI=1S/C18H18N4O3/c1-2-24-15-8-3-4-9-16(15)25-11-17(23)21-14-7-5-6-13(10-14)18-19-12-20-22-18/h3-10,12H,2,11H2,1H3,(H,21,23)(H,19,20,22). The number of H-pyrrole nitrogens is 1. The van der Waals surface area contributed by atoms with E-state index in [2.05, 4.69) is 20.5 Å². The molecule has 0 atom stereocenters. The highest BCUT2D eigenvalue weighted by Gasteiger charge is 2.09. The third-order valence-electron chi connectivity index (χ3n) is 3.34. The lowest BCUT2D eigenvalue weighted by Crippen LogP contribution is -2.20. The number of ether oxygens (including phenoxy) is 2. The first-order valence-electron chi connectivity index (χ1n) is 7.86. The van der Waals surface area contributed by atoms with Gasteiger partial charge in [-0.15, -0.1) is 0 Å². The third kappa shape index (κ3) is 4.35. The van der Waals surface area contributed by atoms with Gasteiger partial charge in [-0.2, -0.15) is 5.10 Å². The highest BCUT2D eigenvalue weighted by atomic mass is 16.5. The lowest BCUT2D eigenvalue weighted by atomic mass is 10.2. The van der Waals surface area contributed by atoms with Gasteiger partial charge >= 0.3 is 0 Å². The minimum absolute atomic E-state index is 0.114. The molecule has 0 fully saturated rings. The molecule has 0 aliphatic rings. The summed E-state index contributed by atoms with van der Waals surface area (Å²) in [6.45, 7) is 2.31. The molecule has 2 aromatic carbocycles. The van der Waals surface area contributed by atoms with E-state index in [1.807, 2.05) is 37.3 Å².